The van der Waals surface area contributed by atoms with E-state index >= 15 is 0 Å². The molecular weight excluding hydrogens is 440 g/mol. The van der Waals surface area contributed by atoms with Gasteiger partial charge in [-0.3, -0.25) is 9.48 Å². The van der Waals surface area contributed by atoms with Crippen LogP contribution in [0.5, 0.6) is 0 Å². The molecule has 7 heteroatoms. The highest BCUT2D eigenvalue weighted by Gasteiger charge is 2.19. The predicted molar refractivity (Wildman–Crippen MR) is 130 cm³/mol. The molecule has 0 spiro atoms. The summed E-state index contributed by atoms with van der Waals surface area (Å²) in [4.78, 5) is 17.0. The summed E-state index contributed by atoms with van der Waals surface area (Å²) < 4.78 is 1.73. The molecule has 1 aromatic heterocycles. The molecule has 162 valence electrons. The SMILES string of the molecule is O=C(CSC(c1ccccc1)c1ccc(Cl)cc1)NC(Cn1cncn1)c1ccccc1. The molecule has 0 radical (unpaired) electrons. The first-order chi connectivity index (χ1) is 15.7. The predicted octanol–water partition coefficient (Wildman–Crippen LogP) is 5.31. The number of nitrogens with zero attached hydrogens (tertiary/aromatic N) is 3. The average molecular weight is 463 g/mol. The Morgan fingerprint density at radius 2 is 1.53 bits per heavy atom. The molecule has 0 aliphatic carbocycles. The van der Waals surface area contributed by atoms with E-state index in [9.17, 15) is 4.79 Å². The smallest absolute Gasteiger partial charge is 0.230 e. The fourth-order valence-electron chi connectivity index (χ4n) is 3.48. The van der Waals surface area contributed by atoms with Gasteiger partial charge in [-0.05, 0) is 28.8 Å². The van der Waals surface area contributed by atoms with Crippen LogP contribution in [0.25, 0.3) is 0 Å². The van der Waals surface area contributed by atoms with Crippen molar-refractivity contribution in [2.45, 2.75) is 17.8 Å². The molecule has 0 aliphatic heterocycles. The fourth-order valence-corrected chi connectivity index (χ4v) is 4.71. The lowest BCUT2D eigenvalue weighted by molar-refractivity contribution is -0.119. The molecule has 1 N–H and O–H groups in total. The first-order valence-electron chi connectivity index (χ1n) is 10.3. The number of halogens is 1. The van der Waals surface area contributed by atoms with E-state index in [1.807, 2.05) is 72.8 Å². The van der Waals surface area contributed by atoms with E-state index in [-0.39, 0.29) is 17.2 Å². The zero-order valence-corrected chi connectivity index (χ0v) is 18.9. The number of carbonyl (C=O) groups excluding carboxylic acids is 1. The van der Waals surface area contributed by atoms with Crippen LogP contribution in [0.4, 0.5) is 0 Å². The highest BCUT2D eigenvalue weighted by Crippen LogP contribution is 2.36. The lowest BCUT2D eigenvalue weighted by atomic mass is 10.0. The molecule has 32 heavy (non-hydrogen) atoms. The minimum absolute atomic E-state index is 0.0288. The van der Waals surface area contributed by atoms with Crippen LogP contribution in [0.1, 0.15) is 28.0 Å². The molecule has 0 fully saturated rings. The Morgan fingerprint density at radius 3 is 2.16 bits per heavy atom. The topological polar surface area (TPSA) is 59.8 Å². The molecule has 4 rings (SSSR count). The summed E-state index contributed by atoms with van der Waals surface area (Å²) in [6, 6.07) is 27.7. The number of aromatic nitrogens is 3. The van der Waals surface area contributed by atoms with E-state index in [0.29, 0.717) is 17.3 Å². The monoisotopic (exact) mass is 462 g/mol. The number of rotatable bonds is 9. The third kappa shape index (κ3) is 5.99. The van der Waals surface area contributed by atoms with E-state index in [0.717, 1.165) is 16.7 Å². The van der Waals surface area contributed by atoms with E-state index in [1.54, 1.807) is 22.8 Å². The quantitative estimate of drug-likeness (QED) is 0.366. The summed E-state index contributed by atoms with van der Waals surface area (Å²) >= 11 is 7.68. The third-order valence-electron chi connectivity index (χ3n) is 5.03. The van der Waals surface area contributed by atoms with Gasteiger partial charge in [-0.2, -0.15) is 5.10 Å². The number of hydrogen-bond acceptors (Lipinski definition) is 4. The minimum atomic E-state index is -0.197. The van der Waals surface area contributed by atoms with E-state index in [4.69, 9.17) is 11.6 Å². The van der Waals surface area contributed by atoms with E-state index < -0.39 is 0 Å². The second-order valence-electron chi connectivity index (χ2n) is 7.30. The van der Waals surface area contributed by atoms with Crippen molar-refractivity contribution in [3.8, 4) is 0 Å². The maximum absolute atomic E-state index is 13.0. The summed E-state index contributed by atoms with van der Waals surface area (Å²) in [5.41, 5.74) is 3.29. The molecule has 0 aliphatic rings. The second-order valence-corrected chi connectivity index (χ2v) is 8.83. The standard InChI is InChI=1S/C25H23ClN4OS/c26-22-13-11-21(12-14-22)25(20-9-5-2-6-10-20)32-16-24(31)29-23(15-30-18-27-17-28-30)19-7-3-1-4-8-19/h1-14,17-18,23,25H,15-16H2,(H,29,31). The van der Waals surface area contributed by atoms with Gasteiger partial charge in [0, 0.05) is 5.02 Å². The van der Waals surface area contributed by atoms with Gasteiger partial charge >= 0.3 is 0 Å². The van der Waals surface area contributed by atoms with Gasteiger partial charge in [0.2, 0.25) is 5.91 Å². The lowest BCUT2D eigenvalue weighted by Crippen LogP contribution is -2.33. The van der Waals surface area contributed by atoms with Crippen LogP contribution < -0.4 is 5.32 Å². The maximum atomic E-state index is 13.0. The van der Waals surface area contributed by atoms with Gasteiger partial charge in [0.25, 0.3) is 0 Å². The minimum Gasteiger partial charge on any atom is -0.347 e. The van der Waals surface area contributed by atoms with Crippen LogP contribution in [-0.2, 0) is 11.3 Å². The van der Waals surface area contributed by atoms with Crippen molar-refractivity contribution in [1.29, 1.82) is 0 Å². The zero-order chi connectivity index (χ0) is 22.2. The summed E-state index contributed by atoms with van der Waals surface area (Å²) in [7, 11) is 0. The Morgan fingerprint density at radius 1 is 0.906 bits per heavy atom. The summed E-state index contributed by atoms with van der Waals surface area (Å²) in [6.45, 7) is 0.514. The van der Waals surface area contributed by atoms with Gasteiger partial charge < -0.3 is 5.32 Å². The van der Waals surface area contributed by atoms with Gasteiger partial charge in [0.05, 0.1) is 23.6 Å². The van der Waals surface area contributed by atoms with Crippen molar-refractivity contribution in [3.05, 3.63) is 119 Å². The van der Waals surface area contributed by atoms with Crippen molar-refractivity contribution in [2.24, 2.45) is 0 Å². The van der Waals surface area contributed by atoms with Gasteiger partial charge in [-0.25, -0.2) is 4.98 Å². The molecule has 2 unspecified atom stereocenters. The molecule has 3 aromatic carbocycles. The number of benzene rings is 3. The second kappa shape index (κ2) is 11.0. The normalized spacial score (nSPS) is 12.8. The number of thioether (sulfide) groups is 1. The molecular formula is C25H23ClN4OS. The Labute approximate surface area is 196 Å². The van der Waals surface area contributed by atoms with Crippen molar-refractivity contribution in [1.82, 2.24) is 20.1 Å². The van der Waals surface area contributed by atoms with Crippen molar-refractivity contribution in [3.63, 3.8) is 0 Å². The molecule has 1 amide bonds. The van der Waals surface area contributed by atoms with Crippen LogP contribution in [0.15, 0.2) is 97.6 Å². The molecule has 0 saturated carbocycles. The molecule has 2 atom stereocenters. The van der Waals surface area contributed by atoms with Gasteiger partial charge in [-0.15, -0.1) is 11.8 Å². The Hall–Kier alpha value is -3.09. The number of nitrogens with one attached hydrogen (secondary N) is 1. The highest BCUT2D eigenvalue weighted by molar-refractivity contribution is 8.00. The first kappa shape index (κ1) is 22.1. The highest BCUT2D eigenvalue weighted by atomic mass is 35.5. The van der Waals surface area contributed by atoms with Crippen molar-refractivity contribution >= 4 is 29.3 Å². The van der Waals surface area contributed by atoms with Crippen LogP contribution in [0.3, 0.4) is 0 Å². The summed E-state index contributed by atoms with van der Waals surface area (Å²) in [5, 5.41) is 8.09. The molecule has 0 bridgehead atoms. The largest absolute Gasteiger partial charge is 0.347 e. The van der Waals surface area contributed by atoms with Crippen LogP contribution in [0, 0.1) is 0 Å². The number of carbonyl (C=O) groups is 1. The maximum Gasteiger partial charge on any atom is 0.230 e. The molecule has 4 aromatic rings. The van der Waals surface area contributed by atoms with Crippen LogP contribution >= 0.6 is 23.4 Å². The van der Waals surface area contributed by atoms with Gasteiger partial charge in [0.1, 0.15) is 12.7 Å². The lowest BCUT2D eigenvalue weighted by Gasteiger charge is -2.21. The van der Waals surface area contributed by atoms with Gasteiger partial charge in [0.15, 0.2) is 0 Å². The zero-order valence-electron chi connectivity index (χ0n) is 17.3. The van der Waals surface area contributed by atoms with E-state index in [1.165, 1.54) is 6.33 Å². The van der Waals surface area contributed by atoms with Crippen molar-refractivity contribution in [2.75, 3.05) is 5.75 Å². The Balaban J connectivity index is 1.47. The van der Waals surface area contributed by atoms with E-state index in [2.05, 4.69) is 27.5 Å². The molecule has 1 heterocycles. The Kier molecular flexibility index (Phi) is 7.59. The van der Waals surface area contributed by atoms with Gasteiger partial charge in [-0.1, -0.05) is 84.4 Å². The van der Waals surface area contributed by atoms with Crippen molar-refractivity contribution < 1.29 is 4.79 Å². The summed E-state index contributed by atoms with van der Waals surface area (Å²) in [6.07, 6.45) is 3.15. The first-order valence-corrected chi connectivity index (χ1v) is 11.7. The molecule has 5 nitrogen and oxygen atoms in total. The third-order valence-corrected chi connectivity index (χ3v) is 6.59. The Bertz CT molecular complexity index is 1110. The fraction of sp³-hybridized carbons (Fsp3) is 0.160. The molecule has 0 saturated heterocycles. The number of hydrogen-bond donors (Lipinski definition) is 1. The van der Waals surface area contributed by atoms with Crippen LogP contribution in [-0.4, -0.2) is 26.4 Å². The van der Waals surface area contributed by atoms with Crippen LogP contribution in [0.2, 0.25) is 5.02 Å². The number of amides is 1. The summed E-state index contributed by atoms with van der Waals surface area (Å²) in [5.74, 6) is 0.293. The average Bonchev–Trinajstić information content (AvgIpc) is 3.34.